The van der Waals surface area contributed by atoms with E-state index in [0.29, 0.717) is 30.9 Å². The van der Waals surface area contributed by atoms with E-state index in [-0.39, 0.29) is 12.7 Å². The van der Waals surface area contributed by atoms with Crippen molar-refractivity contribution in [2.75, 3.05) is 13.2 Å². The normalized spacial score (nSPS) is 23.0. The minimum Gasteiger partial charge on any atom is -0.494 e. The molecule has 3 unspecified atom stereocenters. The summed E-state index contributed by atoms with van der Waals surface area (Å²) in [6.07, 6.45) is 0.738. The van der Waals surface area contributed by atoms with Crippen LogP contribution in [0.3, 0.4) is 0 Å². The monoisotopic (exact) mass is 376 g/mol. The molecule has 0 aliphatic carbocycles. The molecule has 1 saturated heterocycles. The number of ether oxygens (including phenoxy) is 2. The fraction of sp³-hybridized carbons (Fsp3) is 0.429. The van der Waals surface area contributed by atoms with E-state index < -0.39 is 12.2 Å². The van der Waals surface area contributed by atoms with Crippen LogP contribution in [0.2, 0.25) is 5.02 Å². The zero-order valence-electron chi connectivity index (χ0n) is 14.9. The maximum Gasteiger partial charge on any atom is 0.119 e. The number of hydrogen-bond donors (Lipinski definition) is 2. The Labute approximate surface area is 159 Å². The van der Waals surface area contributed by atoms with E-state index in [2.05, 4.69) is 0 Å². The first-order chi connectivity index (χ1) is 12.6. The van der Waals surface area contributed by atoms with Crippen molar-refractivity contribution in [3.63, 3.8) is 0 Å². The van der Waals surface area contributed by atoms with E-state index in [1.807, 2.05) is 49.4 Å². The topological polar surface area (TPSA) is 58.9 Å². The SMILES string of the molecule is CCOc1ccc(Cc2cc(C3OC(CO)CCC3O)ccc2Cl)cc1. The largest absolute Gasteiger partial charge is 0.494 e. The molecule has 4 nitrogen and oxygen atoms in total. The molecule has 1 heterocycles. The Morgan fingerprint density at radius 2 is 1.92 bits per heavy atom. The van der Waals surface area contributed by atoms with E-state index in [1.165, 1.54) is 0 Å². The number of aliphatic hydroxyl groups is 2. The van der Waals surface area contributed by atoms with E-state index >= 15 is 0 Å². The number of aliphatic hydroxyl groups excluding tert-OH is 2. The zero-order valence-corrected chi connectivity index (χ0v) is 15.7. The van der Waals surface area contributed by atoms with Gasteiger partial charge in [0.05, 0.1) is 25.4 Å². The highest BCUT2D eigenvalue weighted by molar-refractivity contribution is 6.31. The van der Waals surface area contributed by atoms with Crippen LogP contribution in [0.25, 0.3) is 0 Å². The second-order valence-electron chi connectivity index (χ2n) is 6.61. The highest BCUT2D eigenvalue weighted by Crippen LogP contribution is 2.34. The lowest BCUT2D eigenvalue weighted by atomic mass is 9.93. The van der Waals surface area contributed by atoms with Crippen molar-refractivity contribution in [2.24, 2.45) is 0 Å². The summed E-state index contributed by atoms with van der Waals surface area (Å²) in [7, 11) is 0. The summed E-state index contributed by atoms with van der Waals surface area (Å²) in [4.78, 5) is 0. The Bertz CT molecular complexity index is 716. The van der Waals surface area contributed by atoms with Crippen LogP contribution >= 0.6 is 11.6 Å². The average molecular weight is 377 g/mol. The van der Waals surface area contributed by atoms with E-state index in [1.54, 1.807) is 0 Å². The maximum absolute atomic E-state index is 10.3. The van der Waals surface area contributed by atoms with Gasteiger partial charge >= 0.3 is 0 Å². The summed E-state index contributed by atoms with van der Waals surface area (Å²) in [6, 6.07) is 13.7. The Morgan fingerprint density at radius 3 is 2.62 bits per heavy atom. The summed E-state index contributed by atoms with van der Waals surface area (Å²) >= 11 is 6.39. The molecule has 0 aromatic heterocycles. The Morgan fingerprint density at radius 1 is 1.15 bits per heavy atom. The van der Waals surface area contributed by atoms with Gasteiger partial charge in [-0.05, 0) is 61.1 Å². The summed E-state index contributed by atoms with van der Waals surface area (Å²) in [5.74, 6) is 0.852. The second kappa shape index (κ2) is 8.87. The van der Waals surface area contributed by atoms with Crippen LogP contribution in [-0.2, 0) is 11.2 Å². The molecule has 1 aliphatic rings. The van der Waals surface area contributed by atoms with Gasteiger partial charge in [-0.1, -0.05) is 35.9 Å². The summed E-state index contributed by atoms with van der Waals surface area (Å²) in [5.41, 5.74) is 3.00. The van der Waals surface area contributed by atoms with Gasteiger partial charge in [0.25, 0.3) is 0 Å². The minimum absolute atomic E-state index is 0.0319. The molecule has 3 atom stereocenters. The van der Waals surface area contributed by atoms with E-state index in [0.717, 1.165) is 22.4 Å². The molecule has 26 heavy (non-hydrogen) atoms. The van der Waals surface area contributed by atoms with Crippen molar-refractivity contribution in [2.45, 2.75) is 44.5 Å². The average Bonchev–Trinajstić information content (AvgIpc) is 2.66. The standard InChI is InChI=1S/C21H25ClO4/c1-2-25-17-6-3-14(4-7-17)11-16-12-15(5-9-19(16)22)21-20(24)10-8-18(13-23)26-21/h3-7,9,12,18,20-21,23-24H,2,8,10-11,13H2,1H3. The van der Waals surface area contributed by atoms with Crippen molar-refractivity contribution in [3.05, 3.63) is 64.2 Å². The van der Waals surface area contributed by atoms with Crippen molar-refractivity contribution < 1.29 is 19.7 Å². The molecule has 3 rings (SSSR count). The Balaban J connectivity index is 1.78. The lowest BCUT2D eigenvalue weighted by molar-refractivity contribution is -0.132. The quantitative estimate of drug-likeness (QED) is 0.802. The van der Waals surface area contributed by atoms with Crippen LogP contribution < -0.4 is 4.74 Å². The molecule has 0 bridgehead atoms. The Hall–Kier alpha value is -1.59. The summed E-state index contributed by atoms with van der Waals surface area (Å²) in [5, 5.41) is 20.4. The van der Waals surface area contributed by atoms with Gasteiger partial charge < -0.3 is 19.7 Å². The van der Waals surface area contributed by atoms with E-state index in [4.69, 9.17) is 21.1 Å². The van der Waals surface area contributed by atoms with Crippen LogP contribution in [0.1, 0.15) is 42.6 Å². The van der Waals surface area contributed by atoms with Crippen LogP contribution in [0.5, 0.6) is 5.75 Å². The maximum atomic E-state index is 10.3. The number of halogens is 1. The van der Waals surface area contributed by atoms with Crippen LogP contribution in [-0.4, -0.2) is 35.6 Å². The van der Waals surface area contributed by atoms with Gasteiger partial charge in [-0.25, -0.2) is 0 Å². The van der Waals surface area contributed by atoms with Gasteiger partial charge in [0.1, 0.15) is 11.9 Å². The highest BCUT2D eigenvalue weighted by Gasteiger charge is 2.31. The first-order valence-electron chi connectivity index (χ1n) is 9.05. The van der Waals surface area contributed by atoms with Crippen LogP contribution in [0.4, 0.5) is 0 Å². The van der Waals surface area contributed by atoms with E-state index in [9.17, 15) is 10.2 Å². The van der Waals surface area contributed by atoms with Crippen molar-refractivity contribution in [1.82, 2.24) is 0 Å². The summed E-state index contributed by atoms with van der Waals surface area (Å²) < 4.78 is 11.3. The van der Waals surface area contributed by atoms with Gasteiger partial charge in [0, 0.05) is 5.02 Å². The molecule has 1 aliphatic heterocycles. The third-order valence-corrected chi connectivity index (χ3v) is 5.07. The third-order valence-electron chi connectivity index (χ3n) is 4.70. The predicted octanol–water partition coefficient (Wildman–Crippen LogP) is 3.90. The van der Waals surface area contributed by atoms with Crippen LogP contribution in [0.15, 0.2) is 42.5 Å². The first kappa shape index (κ1) is 19.2. The van der Waals surface area contributed by atoms with Gasteiger partial charge in [0.2, 0.25) is 0 Å². The molecule has 0 radical (unpaired) electrons. The van der Waals surface area contributed by atoms with Crippen LogP contribution in [0, 0.1) is 0 Å². The molecule has 0 spiro atoms. The molecule has 1 fully saturated rings. The lowest BCUT2D eigenvalue weighted by Crippen LogP contribution is -2.34. The second-order valence-corrected chi connectivity index (χ2v) is 7.02. The lowest BCUT2D eigenvalue weighted by Gasteiger charge is -2.33. The van der Waals surface area contributed by atoms with Crippen molar-refractivity contribution >= 4 is 11.6 Å². The van der Waals surface area contributed by atoms with Crippen molar-refractivity contribution in [3.8, 4) is 5.75 Å². The smallest absolute Gasteiger partial charge is 0.119 e. The molecule has 140 valence electrons. The Kier molecular flexibility index (Phi) is 6.54. The molecular weight excluding hydrogens is 352 g/mol. The number of rotatable bonds is 6. The summed E-state index contributed by atoms with van der Waals surface area (Å²) in [6.45, 7) is 2.57. The molecular formula is C21H25ClO4. The number of hydrogen-bond acceptors (Lipinski definition) is 4. The fourth-order valence-electron chi connectivity index (χ4n) is 3.31. The minimum atomic E-state index is -0.572. The highest BCUT2D eigenvalue weighted by atomic mass is 35.5. The number of benzene rings is 2. The molecule has 0 saturated carbocycles. The van der Waals surface area contributed by atoms with Crippen molar-refractivity contribution in [1.29, 1.82) is 0 Å². The fourth-order valence-corrected chi connectivity index (χ4v) is 3.49. The predicted molar refractivity (Wildman–Crippen MR) is 102 cm³/mol. The molecule has 2 aromatic rings. The zero-order chi connectivity index (χ0) is 18.5. The van der Waals surface area contributed by atoms with Gasteiger partial charge in [-0.2, -0.15) is 0 Å². The third kappa shape index (κ3) is 4.57. The van der Waals surface area contributed by atoms with Gasteiger partial charge in [0.15, 0.2) is 0 Å². The molecule has 2 aromatic carbocycles. The molecule has 0 amide bonds. The van der Waals surface area contributed by atoms with Gasteiger partial charge in [-0.15, -0.1) is 0 Å². The molecule has 5 heteroatoms. The molecule has 2 N–H and O–H groups in total. The van der Waals surface area contributed by atoms with Gasteiger partial charge in [-0.3, -0.25) is 0 Å². The first-order valence-corrected chi connectivity index (χ1v) is 9.43.